The minimum Gasteiger partial charge on any atom is -0.508 e. The van der Waals surface area contributed by atoms with Crippen LogP contribution in [-0.4, -0.2) is 52.7 Å². The van der Waals surface area contributed by atoms with Crippen molar-refractivity contribution in [2.24, 2.45) is 0 Å². The summed E-state index contributed by atoms with van der Waals surface area (Å²) in [7, 11) is 0. The summed E-state index contributed by atoms with van der Waals surface area (Å²) in [6.45, 7) is 2.77. The number of aromatic hydroxyl groups is 1. The summed E-state index contributed by atoms with van der Waals surface area (Å²) < 4.78 is 5.72. The highest BCUT2D eigenvalue weighted by Gasteiger charge is 2.10. The van der Waals surface area contributed by atoms with Crippen LogP contribution < -0.4 is 5.32 Å². The highest BCUT2D eigenvalue weighted by Crippen LogP contribution is 2.23. The van der Waals surface area contributed by atoms with Gasteiger partial charge in [0, 0.05) is 41.4 Å². The third-order valence-electron chi connectivity index (χ3n) is 6.60. The first kappa shape index (κ1) is 36.3. The number of aliphatic hydroxyl groups excluding tert-OH is 2. The summed E-state index contributed by atoms with van der Waals surface area (Å²) in [6, 6.07) is 20.3. The van der Waals surface area contributed by atoms with Gasteiger partial charge in [-0.1, -0.05) is 78.5 Å². The summed E-state index contributed by atoms with van der Waals surface area (Å²) in [4.78, 5) is 10.2. The number of aryl methyl sites for hydroxylation is 1. The summed E-state index contributed by atoms with van der Waals surface area (Å²) in [6.07, 6.45) is 9.68. The molecule has 3 rings (SSSR count). The monoisotopic (exact) mass is 631 g/mol. The molecule has 0 amide bonds. The lowest BCUT2D eigenvalue weighted by atomic mass is 10.1. The highest BCUT2D eigenvalue weighted by atomic mass is 35.5. The molecule has 0 saturated carbocycles. The van der Waals surface area contributed by atoms with Gasteiger partial charge in [-0.25, -0.2) is 4.79 Å². The molecule has 3 aromatic rings. The molecule has 0 aliphatic heterocycles. The molecule has 5 N–H and O–H groups in total. The Morgan fingerprint density at radius 2 is 1.63 bits per heavy atom. The Morgan fingerprint density at radius 1 is 0.907 bits per heavy atom. The van der Waals surface area contributed by atoms with Crippen LogP contribution in [0.25, 0.3) is 6.08 Å². The lowest BCUT2D eigenvalue weighted by molar-refractivity contribution is -0.131. The third kappa shape index (κ3) is 15.9. The number of benzene rings is 3. The number of carboxylic acid groups (broad SMARTS) is 1. The van der Waals surface area contributed by atoms with E-state index < -0.39 is 12.1 Å². The number of carboxylic acids is 1. The van der Waals surface area contributed by atoms with Gasteiger partial charge in [0.25, 0.3) is 0 Å². The highest BCUT2D eigenvalue weighted by molar-refractivity contribution is 6.35. The summed E-state index contributed by atoms with van der Waals surface area (Å²) in [5, 5.41) is 41.6. The maximum Gasteiger partial charge on any atom is 0.328 e. The molecule has 0 spiro atoms. The molecule has 7 nitrogen and oxygen atoms in total. The van der Waals surface area contributed by atoms with E-state index in [1.807, 2.05) is 0 Å². The van der Waals surface area contributed by atoms with E-state index in [-0.39, 0.29) is 12.4 Å². The largest absolute Gasteiger partial charge is 0.508 e. The molecule has 3 aromatic carbocycles. The quantitative estimate of drug-likeness (QED) is 0.0744. The van der Waals surface area contributed by atoms with Crippen molar-refractivity contribution in [1.82, 2.24) is 5.32 Å². The van der Waals surface area contributed by atoms with E-state index in [1.54, 1.807) is 30.3 Å². The number of rotatable bonds is 18. The Kier molecular flexibility index (Phi) is 18.3. The Labute approximate surface area is 264 Å². The van der Waals surface area contributed by atoms with Crippen LogP contribution >= 0.6 is 23.2 Å². The smallest absolute Gasteiger partial charge is 0.328 e. The lowest BCUT2D eigenvalue weighted by Crippen LogP contribution is -2.22. The second-order valence-corrected chi connectivity index (χ2v) is 10.9. The third-order valence-corrected chi connectivity index (χ3v) is 7.17. The van der Waals surface area contributed by atoms with Crippen molar-refractivity contribution in [1.29, 1.82) is 0 Å². The van der Waals surface area contributed by atoms with Crippen LogP contribution in [0.5, 0.6) is 5.75 Å². The first-order valence-electron chi connectivity index (χ1n) is 14.6. The van der Waals surface area contributed by atoms with Crippen LogP contribution in [0.1, 0.15) is 66.9 Å². The second kappa shape index (κ2) is 21.7. The maximum atomic E-state index is 10.2. The van der Waals surface area contributed by atoms with Gasteiger partial charge in [0.05, 0.1) is 12.7 Å². The normalized spacial score (nSPS) is 11.7. The lowest BCUT2D eigenvalue weighted by Gasteiger charge is -2.14. The molecule has 0 saturated heterocycles. The fourth-order valence-electron chi connectivity index (χ4n) is 4.18. The Bertz CT molecular complexity index is 1240. The standard InChI is InChI=1S/C25H37NO4.C9H6Cl2O2/c27-20-23-18-22(13-14-24(23)28)25(29)19-26-15-7-1-2-8-16-30-17-9-6-12-21-10-4-3-5-11-21;10-7-3-1-6(8(11)5-7)2-4-9(12)13/h3-5,10-11,13-14,18,25-29H,1-2,6-9,12,15-17,19-20H2;1-5H,(H,12,13)/b;4-2+. The van der Waals surface area contributed by atoms with Crippen LogP contribution in [0.3, 0.4) is 0 Å². The Balaban J connectivity index is 0.000000413. The molecular formula is C34H43Cl2NO6. The molecular weight excluding hydrogens is 589 g/mol. The number of aliphatic hydroxyl groups is 2. The summed E-state index contributed by atoms with van der Waals surface area (Å²) in [5.74, 6) is -0.955. The van der Waals surface area contributed by atoms with E-state index in [1.165, 1.54) is 24.1 Å². The van der Waals surface area contributed by atoms with Crippen LogP contribution in [0.4, 0.5) is 0 Å². The number of carbonyl (C=O) groups is 1. The van der Waals surface area contributed by atoms with Crippen molar-refractivity contribution in [3.8, 4) is 5.75 Å². The van der Waals surface area contributed by atoms with Gasteiger partial charge in [-0.2, -0.15) is 0 Å². The molecule has 0 bridgehead atoms. The number of hydrogen-bond donors (Lipinski definition) is 5. The van der Waals surface area contributed by atoms with Crippen molar-refractivity contribution in [2.45, 2.75) is 57.7 Å². The van der Waals surface area contributed by atoms with E-state index >= 15 is 0 Å². The van der Waals surface area contributed by atoms with E-state index in [9.17, 15) is 20.1 Å². The van der Waals surface area contributed by atoms with Gasteiger partial charge in [-0.15, -0.1) is 0 Å². The molecule has 0 aromatic heterocycles. The van der Waals surface area contributed by atoms with Crippen LogP contribution in [-0.2, 0) is 22.6 Å². The van der Waals surface area contributed by atoms with Gasteiger partial charge in [-0.05, 0) is 85.7 Å². The van der Waals surface area contributed by atoms with Crippen molar-refractivity contribution in [3.63, 3.8) is 0 Å². The zero-order valence-electron chi connectivity index (χ0n) is 24.4. The van der Waals surface area contributed by atoms with Gasteiger partial charge in [0.2, 0.25) is 0 Å². The molecule has 1 atom stereocenters. The maximum absolute atomic E-state index is 10.2. The zero-order chi connectivity index (χ0) is 31.3. The van der Waals surface area contributed by atoms with Gasteiger partial charge in [0.15, 0.2) is 0 Å². The minimum absolute atomic E-state index is 0.0533. The van der Waals surface area contributed by atoms with Crippen LogP contribution in [0, 0.1) is 0 Å². The fraction of sp³-hybridized carbons (Fsp3) is 0.382. The van der Waals surface area contributed by atoms with E-state index in [4.69, 9.17) is 33.0 Å². The number of hydrogen-bond acceptors (Lipinski definition) is 6. The number of unbranched alkanes of at least 4 members (excludes halogenated alkanes) is 4. The second-order valence-electron chi connectivity index (χ2n) is 10.1. The molecule has 1 unspecified atom stereocenters. The fourth-order valence-corrected chi connectivity index (χ4v) is 4.65. The van der Waals surface area contributed by atoms with Gasteiger partial charge >= 0.3 is 5.97 Å². The predicted octanol–water partition coefficient (Wildman–Crippen LogP) is 7.20. The van der Waals surface area contributed by atoms with E-state index in [0.29, 0.717) is 33.3 Å². The average Bonchev–Trinajstić information content (AvgIpc) is 3.00. The number of phenols is 1. The van der Waals surface area contributed by atoms with Gasteiger partial charge < -0.3 is 30.5 Å². The number of aliphatic carboxylic acids is 1. The molecule has 0 fully saturated rings. The average molecular weight is 633 g/mol. The van der Waals surface area contributed by atoms with E-state index in [2.05, 4.69) is 35.6 Å². The predicted molar refractivity (Wildman–Crippen MR) is 174 cm³/mol. The number of ether oxygens (including phenoxy) is 1. The minimum atomic E-state index is -1.01. The number of nitrogens with one attached hydrogen (secondary N) is 1. The zero-order valence-corrected chi connectivity index (χ0v) is 25.9. The molecule has 0 aliphatic carbocycles. The van der Waals surface area contributed by atoms with Gasteiger partial charge in [0.1, 0.15) is 5.75 Å². The molecule has 0 radical (unpaired) electrons. The van der Waals surface area contributed by atoms with E-state index in [0.717, 1.165) is 64.4 Å². The molecule has 234 valence electrons. The molecule has 0 aliphatic rings. The van der Waals surface area contributed by atoms with Crippen molar-refractivity contribution < 1.29 is 30.0 Å². The van der Waals surface area contributed by atoms with Crippen molar-refractivity contribution in [2.75, 3.05) is 26.3 Å². The number of halogens is 2. The summed E-state index contributed by atoms with van der Waals surface area (Å²) in [5.41, 5.74) is 3.17. The Hall–Kier alpha value is -2.91. The van der Waals surface area contributed by atoms with Crippen LogP contribution in [0.15, 0.2) is 72.8 Å². The SMILES string of the molecule is O=C(O)/C=C/c1ccc(Cl)cc1Cl.OCc1cc(C(O)CNCCCCCCOCCCCc2ccccc2)ccc1O. The first-order chi connectivity index (χ1) is 20.8. The van der Waals surface area contributed by atoms with Crippen molar-refractivity contribution >= 4 is 35.2 Å². The topological polar surface area (TPSA) is 119 Å². The van der Waals surface area contributed by atoms with Crippen LogP contribution in [0.2, 0.25) is 10.0 Å². The first-order valence-corrected chi connectivity index (χ1v) is 15.3. The van der Waals surface area contributed by atoms with Gasteiger partial charge in [-0.3, -0.25) is 0 Å². The summed E-state index contributed by atoms with van der Waals surface area (Å²) >= 11 is 11.4. The Morgan fingerprint density at radius 3 is 2.33 bits per heavy atom. The molecule has 43 heavy (non-hydrogen) atoms. The molecule has 9 heteroatoms. The van der Waals surface area contributed by atoms with Crippen molar-refractivity contribution in [3.05, 3.63) is 105 Å². The molecule has 0 heterocycles.